The lowest BCUT2D eigenvalue weighted by Gasteiger charge is -2.24. The Balaban J connectivity index is 2.57. The zero-order valence-corrected chi connectivity index (χ0v) is 8.63. The predicted octanol–water partition coefficient (Wildman–Crippen LogP) is 0.601. The van der Waals surface area contributed by atoms with Crippen molar-refractivity contribution in [2.75, 3.05) is 7.05 Å². The molecule has 1 aromatic heterocycles. The van der Waals surface area contributed by atoms with Gasteiger partial charge in [0.25, 0.3) is 0 Å². The van der Waals surface area contributed by atoms with Crippen molar-refractivity contribution in [2.24, 2.45) is 0 Å². The third kappa shape index (κ3) is 1.20. The summed E-state index contributed by atoms with van der Waals surface area (Å²) in [5.41, 5.74) is 2.33. The van der Waals surface area contributed by atoms with E-state index in [2.05, 4.69) is 38.1 Å². The molecule has 1 aliphatic heterocycles. The summed E-state index contributed by atoms with van der Waals surface area (Å²) >= 11 is 0. The number of nitrogens with one attached hydrogen (secondary N) is 1. The van der Waals surface area contributed by atoms with Crippen LogP contribution in [0.2, 0.25) is 0 Å². The van der Waals surface area contributed by atoms with Crippen LogP contribution in [0.25, 0.3) is 5.70 Å². The van der Waals surface area contributed by atoms with Crippen LogP contribution < -0.4 is 4.90 Å². The average molecular weight is 178 g/mol. The number of quaternary nitrogens is 1. The van der Waals surface area contributed by atoms with E-state index in [1.54, 1.807) is 0 Å². The molecule has 0 bridgehead atoms. The van der Waals surface area contributed by atoms with Crippen LogP contribution in [0.3, 0.4) is 0 Å². The number of hydrogen-bond donors (Lipinski definition) is 1. The lowest BCUT2D eigenvalue weighted by molar-refractivity contribution is -0.833. The topological polar surface area (TPSA) is 22.3 Å². The minimum Gasteiger partial charge on any atom is -0.283 e. The van der Waals surface area contributed by atoms with Crippen LogP contribution in [0.15, 0.2) is 12.1 Å². The van der Waals surface area contributed by atoms with Crippen molar-refractivity contribution in [2.45, 2.75) is 26.8 Å². The van der Waals surface area contributed by atoms with Gasteiger partial charge in [0, 0.05) is 11.8 Å². The molecular formula is C10H16N3+. The Morgan fingerprint density at radius 3 is 2.85 bits per heavy atom. The molecule has 0 radical (unpaired) electrons. The summed E-state index contributed by atoms with van der Waals surface area (Å²) in [5.74, 6) is 1.27. The minimum absolute atomic E-state index is 0.545. The van der Waals surface area contributed by atoms with Gasteiger partial charge in [-0.1, -0.05) is 0 Å². The van der Waals surface area contributed by atoms with Crippen molar-refractivity contribution in [3.05, 3.63) is 17.8 Å². The monoisotopic (exact) mass is 178 g/mol. The molecule has 13 heavy (non-hydrogen) atoms. The van der Waals surface area contributed by atoms with Gasteiger partial charge in [0.2, 0.25) is 5.82 Å². The van der Waals surface area contributed by atoms with Crippen LogP contribution in [0.4, 0.5) is 5.82 Å². The highest BCUT2D eigenvalue weighted by Crippen LogP contribution is 2.16. The molecule has 70 valence electrons. The molecule has 0 spiro atoms. The van der Waals surface area contributed by atoms with E-state index in [-0.39, 0.29) is 0 Å². The van der Waals surface area contributed by atoms with Crippen LogP contribution in [0.1, 0.15) is 19.5 Å². The van der Waals surface area contributed by atoms with E-state index in [1.807, 2.05) is 11.6 Å². The van der Waals surface area contributed by atoms with Crippen LogP contribution in [-0.2, 0) is 0 Å². The Morgan fingerprint density at radius 2 is 2.15 bits per heavy atom. The van der Waals surface area contributed by atoms with Crippen LogP contribution in [-0.4, -0.2) is 22.9 Å². The largest absolute Gasteiger partial charge is 0.283 e. The van der Waals surface area contributed by atoms with Gasteiger partial charge < -0.3 is 0 Å². The Kier molecular flexibility index (Phi) is 1.77. The first-order valence-corrected chi connectivity index (χ1v) is 4.69. The van der Waals surface area contributed by atoms with E-state index in [0.717, 1.165) is 5.69 Å². The summed E-state index contributed by atoms with van der Waals surface area (Å²) < 4.78 is 2.03. The average Bonchev–Trinajstić information content (AvgIpc) is 2.44. The van der Waals surface area contributed by atoms with E-state index in [0.29, 0.717) is 6.04 Å². The fraction of sp³-hybridized carbons (Fsp3) is 0.500. The normalized spacial score (nSPS) is 26.9. The van der Waals surface area contributed by atoms with Crippen molar-refractivity contribution in [3.8, 4) is 0 Å². The van der Waals surface area contributed by atoms with Gasteiger partial charge in [0.05, 0.1) is 12.7 Å². The van der Waals surface area contributed by atoms with Gasteiger partial charge in [-0.05, 0) is 26.8 Å². The first-order chi connectivity index (χ1) is 6.09. The minimum atomic E-state index is 0.545. The number of hydrogen-bond acceptors (Lipinski definition) is 1. The van der Waals surface area contributed by atoms with Crippen molar-refractivity contribution < 1.29 is 4.90 Å². The zero-order valence-electron chi connectivity index (χ0n) is 8.63. The fourth-order valence-electron chi connectivity index (χ4n) is 1.84. The van der Waals surface area contributed by atoms with Crippen LogP contribution in [0, 0.1) is 6.92 Å². The molecular weight excluding hydrogens is 162 g/mol. The van der Waals surface area contributed by atoms with E-state index < -0.39 is 0 Å². The summed E-state index contributed by atoms with van der Waals surface area (Å²) in [5, 5.41) is 4.44. The Bertz CT molecular complexity index is 362. The molecule has 0 saturated carbocycles. The zero-order chi connectivity index (χ0) is 9.59. The third-order valence-electron chi connectivity index (χ3n) is 2.74. The summed E-state index contributed by atoms with van der Waals surface area (Å²) in [6.45, 7) is 6.38. The molecule has 2 rings (SSSR count). The summed E-state index contributed by atoms with van der Waals surface area (Å²) in [7, 11) is 2.18. The van der Waals surface area contributed by atoms with Crippen molar-refractivity contribution >= 4 is 11.5 Å². The molecule has 2 unspecified atom stereocenters. The Labute approximate surface area is 78.7 Å². The molecule has 0 fully saturated rings. The van der Waals surface area contributed by atoms with Gasteiger partial charge in [-0.2, -0.15) is 9.78 Å². The molecule has 1 aromatic rings. The first-order valence-electron chi connectivity index (χ1n) is 4.69. The summed E-state index contributed by atoms with van der Waals surface area (Å²) in [4.78, 5) is 1.41. The third-order valence-corrected chi connectivity index (χ3v) is 2.74. The molecule has 3 heteroatoms. The molecule has 2 atom stereocenters. The van der Waals surface area contributed by atoms with E-state index in [4.69, 9.17) is 0 Å². The molecule has 0 amide bonds. The summed E-state index contributed by atoms with van der Waals surface area (Å²) in [6, 6.07) is 2.70. The Morgan fingerprint density at radius 1 is 1.46 bits per heavy atom. The second-order valence-electron chi connectivity index (χ2n) is 3.86. The number of likely N-dealkylation sites (N-methyl/N-ethyl adjacent to an activating group) is 1. The molecule has 0 saturated heterocycles. The van der Waals surface area contributed by atoms with E-state index in [1.165, 1.54) is 16.4 Å². The first kappa shape index (κ1) is 8.51. The highest BCUT2D eigenvalue weighted by Gasteiger charge is 2.24. The molecule has 0 aliphatic carbocycles. The van der Waals surface area contributed by atoms with Gasteiger partial charge in [-0.25, -0.2) is 0 Å². The maximum absolute atomic E-state index is 4.44. The standard InChI is InChI=1S/C10H15N3/c1-7-5-10-12(4)8(2)6-9(3)13(10)11-7/h5-6,8H,1-4H3/p+1. The SMILES string of the molecule is CC1=CC(C)[NH+](C)c2cc(C)nn21. The van der Waals surface area contributed by atoms with Gasteiger partial charge >= 0.3 is 0 Å². The quantitative estimate of drug-likeness (QED) is 0.617. The van der Waals surface area contributed by atoms with Crippen LogP contribution >= 0.6 is 0 Å². The second kappa shape index (κ2) is 2.70. The molecule has 1 N–H and O–H groups in total. The van der Waals surface area contributed by atoms with Gasteiger partial charge in [-0.3, -0.25) is 4.90 Å². The van der Waals surface area contributed by atoms with Crippen molar-refractivity contribution in [1.82, 2.24) is 9.78 Å². The smallest absolute Gasteiger partial charge is 0.229 e. The fourth-order valence-corrected chi connectivity index (χ4v) is 1.84. The van der Waals surface area contributed by atoms with Crippen molar-refractivity contribution in [1.29, 1.82) is 0 Å². The number of allylic oxidation sites excluding steroid dienone is 1. The predicted molar refractivity (Wildman–Crippen MR) is 52.9 cm³/mol. The van der Waals surface area contributed by atoms with Gasteiger partial charge in [0.1, 0.15) is 6.04 Å². The molecule has 2 heterocycles. The lowest BCUT2D eigenvalue weighted by atomic mass is 10.2. The maximum atomic E-state index is 4.44. The van der Waals surface area contributed by atoms with E-state index in [9.17, 15) is 0 Å². The second-order valence-corrected chi connectivity index (χ2v) is 3.86. The van der Waals surface area contributed by atoms with Gasteiger partial charge in [0.15, 0.2) is 0 Å². The Hall–Kier alpha value is -1.09. The number of nitrogens with zero attached hydrogens (tertiary/aromatic N) is 2. The van der Waals surface area contributed by atoms with Gasteiger partial charge in [-0.15, -0.1) is 0 Å². The molecule has 0 aromatic carbocycles. The van der Waals surface area contributed by atoms with E-state index >= 15 is 0 Å². The van der Waals surface area contributed by atoms with Crippen molar-refractivity contribution in [3.63, 3.8) is 0 Å². The number of aryl methyl sites for hydroxylation is 1. The molecule has 1 aliphatic rings. The number of fused-ring (bicyclic) bond motifs is 1. The van der Waals surface area contributed by atoms with Crippen LogP contribution in [0.5, 0.6) is 0 Å². The highest BCUT2D eigenvalue weighted by atomic mass is 15.4. The molecule has 3 nitrogen and oxygen atoms in total. The number of aromatic nitrogens is 2. The lowest BCUT2D eigenvalue weighted by Crippen LogP contribution is -3.08. The maximum Gasteiger partial charge on any atom is 0.229 e. The highest BCUT2D eigenvalue weighted by molar-refractivity contribution is 5.49. The summed E-state index contributed by atoms with van der Waals surface area (Å²) in [6.07, 6.45) is 2.26. The number of rotatable bonds is 0.